The maximum absolute atomic E-state index is 6.55. The fourth-order valence-corrected chi connectivity index (χ4v) is 6.48. The second kappa shape index (κ2) is 8.76. The van der Waals surface area contributed by atoms with Gasteiger partial charge in [-0.25, -0.2) is 0 Å². The van der Waals surface area contributed by atoms with Crippen LogP contribution in [0.15, 0.2) is 130 Å². The highest BCUT2D eigenvalue weighted by Crippen LogP contribution is 2.47. The molecule has 3 heterocycles. The first-order valence-corrected chi connectivity index (χ1v) is 14.5. The summed E-state index contributed by atoms with van der Waals surface area (Å²) in [5, 5.41) is 4.45. The van der Waals surface area contributed by atoms with Gasteiger partial charge in [-0.05, 0) is 76.9 Å². The molecule has 0 fully saturated rings. The molecular formula is C39H26O4. The van der Waals surface area contributed by atoms with E-state index in [9.17, 15) is 0 Å². The molecule has 0 atom stereocenters. The average molecular weight is 559 g/mol. The van der Waals surface area contributed by atoms with Gasteiger partial charge in [0.2, 0.25) is 5.79 Å². The van der Waals surface area contributed by atoms with Gasteiger partial charge in [0, 0.05) is 46.5 Å². The number of fused-ring (bicyclic) bond motifs is 9. The summed E-state index contributed by atoms with van der Waals surface area (Å²) >= 11 is 0. The van der Waals surface area contributed by atoms with Gasteiger partial charge in [-0.15, -0.1) is 0 Å². The molecule has 0 radical (unpaired) electrons. The van der Waals surface area contributed by atoms with E-state index in [4.69, 9.17) is 18.3 Å². The predicted octanol–water partition coefficient (Wildman–Crippen LogP) is 11.0. The summed E-state index contributed by atoms with van der Waals surface area (Å²) < 4.78 is 25.3. The average Bonchev–Trinajstić information content (AvgIpc) is 3.55. The van der Waals surface area contributed by atoms with Crippen molar-refractivity contribution in [3.8, 4) is 44.9 Å². The van der Waals surface area contributed by atoms with Crippen LogP contribution < -0.4 is 9.47 Å². The van der Waals surface area contributed by atoms with Crippen molar-refractivity contribution in [2.24, 2.45) is 0 Å². The summed E-state index contributed by atoms with van der Waals surface area (Å²) in [5.74, 6) is 0.700. The molecule has 43 heavy (non-hydrogen) atoms. The quantitative estimate of drug-likeness (QED) is 0.212. The van der Waals surface area contributed by atoms with Gasteiger partial charge in [-0.1, -0.05) is 66.7 Å². The minimum Gasteiger partial charge on any atom is -0.456 e. The van der Waals surface area contributed by atoms with Crippen molar-refractivity contribution >= 4 is 43.9 Å². The zero-order chi connectivity index (χ0) is 28.7. The standard InChI is InChI=1S/C39H26O4/c1-39(2)42-34-19-16-23(24-14-17-28-27-8-3-5-11-32(27)41-36(28)21-24)20-31(34)29-18-15-25(22-37(29)43-39)26-10-7-13-35-38(26)30-9-4-6-12-33(30)40-35/h3-22H,1-2H3. The molecule has 0 bridgehead atoms. The first-order chi connectivity index (χ1) is 21.0. The van der Waals surface area contributed by atoms with E-state index >= 15 is 0 Å². The van der Waals surface area contributed by atoms with Gasteiger partial charge >= 0.3 is 0 Å². The molecule has 1 aliphatic heterocycles. The molecule has 0 aliphatic carbocycles. The Morgan fingerprint density at radius 2 is 1.07 bits per heavy atom. The third-order valence-electron chi connectivity index (χ3n) is 8.39. The number of rotatable bonds is 2. The van der Waals surface area contributed by atoms with Gasteiger partial charge in [-0.3, -0.25) is 0 Å². The van der Waals surface area contributed by atoms with E-state index in [0.717, 1.165) is 88.8 Å². The van der Waals surface area contributed by atoms with Gasteiger partial charge in [0.15, 0.2) is 0 Å². The summed E-state index contributed by atoms with van der Waals surface area (Å²) in [7, 11) is 0. The number of furan rings is 2. The maximum atomic E-state index is 6.55. The summed E-state index contributed by atoms with van der Waals surface area (Å²) in [5.41, 5.74) is 9.81. The summed E-state index contributed by atoms with van der Waals surface area (Å²) in [6.45, 7) is 3.90. The lowest BCUT2D eigenvalue weighted by Crippen LogP contribution is -2.34. The fraction of sp³-hybridized carbons (Fsp3) is 0.0769. The Hall–Kier alpha value is -5.48. The molecule has 206 valence electrons. The van der Waals surface area contributed by atoms with E-state index in [2.05, 4.69) is 72.8 Å². The maximum Gasteiger partial charge on any atom is 0.245 e. The molecule has 2 aromatic heterocycles. The van der Waals surface area contributed by atoms with Crippen molar-refractivity contribution in [3.05, 3.63) is 121 Å². The SMILES string of the molecule is CC1(C)Oc2cc(-c3cccc4oc5ccccc5c34)ccc2-c2cc(-c3ccc4c(c3)oc3ccccc34)ccc2O1. The van der Waals surface area contributed by atoms with Crippen LogP contribution in [0.25, 0.3) is 77.3 Å². The van der Waals surface area contributed by atoms with Crippen molar-refractivity contribution in [2.45, 2.75) is 19.6 Å². The molecule has 8 aromatic rings. The molecule has 0 saturated carbocycles. The Bertz CT molecular complexity index is 2390. The van der Waals surface area contributed by atoms with E-state index < -0.39 is 5.79 Å². The van der Waals surface area contributed by atoms with Gasteiger partial charge in [0.05, 0.1) is 0 Å². The smallest absolute Gasteiger partial charge is 0.245 e. The molecule has 0 unspecified atom stereocenters. The molecule has 9 rings (SSSR count). The normalized spacial score (nSPS) is 13.9. The van der Waals surface area contributed by atoms with E-state index in [0.29, 0.717) is 0 Å². The first-order valence-electron chi connectivity index (χ1n) is 14.5. The third kappa shape index (κ3) is 3.76. The second-order valence-electron chi connectivity index (χ2n) is 11.6. The van der Waals surface area contributed by atoms with Crippen LogP contribution in [0, 0.1) is 0 Å². The molecule has 0 amide bonds. The highest BCUT2D eigenvalue weighted by molar-refractivity contribution is 6.12. The van der Waals surface area contributed by atoms with Gasteiger partial charge in [0.25, 0.3) is 0 Å². The predicted molar refractivity (Wildman–Crippen MR) is 173 cm³/mol. The second-order valence-corrected chi connectivity index (χ2v) is 11.6. The summed E-state index contributed by atoms with van der Waals surface area (Å²) in [4.78, 5) is 0. The first kappa shape index (κ1) is 24.2. The Morgan fingerprint density at radius 1 is 0.419 bits per heavy atom. The molecule has 4 heteroatoms. The summed E-state index contributed by atoms with van der Waals surface area (Å²) in [6, 6.07) is 41.7. The minimum atomic E-state index is -0.859. The largest absolute Gasteiger partial charge is 0.456 e. The Balaban J connectivity index is 1.20. The van der Waals surface area contributed by atoms with Crippen molar-refractivity contribution < 1.29 is 18.3 Å². The molecule has 0 spiro atoms. The van der Waals surface area contributed by atoms with Crippen molar-refractivity contribution in [3.63, 3.8) is 0 Å². The highest BCUT2D eigenvalue weighted by atomic mass is 16.7. The Morgan fingerprint density at radius 3 is 1.95 bits per heavy atom. The van der Waals surface area contributed by atoms with Crippen LogP contribution in [-0.2, 0) is 0 Å². The lowest BCUT2D eigenvalue weighted by molar-refractivity contribution is -0.0778. The number of ether oxygens (including phenoxy) is 2. The van der Waals surface area contributed by atoms with E-state index in [1.54, 1.807) is 0 Å². The number of hydrogen-bond donors (Lipinski definition) is 0. The van der Waals surface area contributed by atoms with Crippen LogP contribution in [-0.4, -0.2) is 5.79 Å². The number of hydrogen-bond acceptors (Lipinski definition) is 4. The van der Waals surface area contributed by atoms with Crippen molar-refractivity contribution in [2.75, 3.05) is 0 Å². The molecule has 0 N–H and O–H groups in total. The molecule has 6 aromatic carbocycles. The third-order valence-corrected chi connectivity index (χ3v) is 8.39. The van der Waals surface area contributed by atoms with Crippen LogP contribution in [0.5, 0.6) is 11.5 Å². The molecule has 4 nitrogen and oxygen atoms in total. The lowest BCUT2D eigenvalue weighted by atomic mass is 9.94. The molecule has 1 aliphatic rings. The van der Waals surface area contributed by atoms with E-state index in [1.165, 1.54) is 0 Å². The zero-order valence-electron chi connectivity index (χ0n) is 23.7. The minimum absolute atomic E-state index is 0.774. The van der Waals surface area contributed by atoms with Gasteiger partial charge < -0.3 is 18.3 Å². The Kier molecular flexibility index (Phi) is 4.92. The fourth-order valence-electron chi connectivity index (χ4n) is 6.48. The van der Waals surface area contributed by atoms with Gasteiger partial charge in [-0.2, -0.15) is 0 Å². The van der Waals surface area contributed by atoms with Crippen LogP contribution >= 0.6 is 0 Å². The van der Waals surface area contributed by atoms with Crippen molar-refractivity contribution in [1.82, 2.24) is 0 Å². The van der Waals surface area contributed by atoms with E-state index in [1.807, 2.05) is 62.4 Å². The van der Waals surface area contributed by atoms with Gasteiger partial charge in [0.1, 0.15) is 33.8 Å². The lowest BCUT2D eigenvalue weighted by Gasteiger charge is -2.25. The van der Waals surface area contributed by atoms with Crippen LogP contribution in [0.2, 0.25) is 0 Å². The number of para-hydroxylation sites is 2. The number of benzene rings is 6. The molecule has 0 saturated heterocycles. The Labute approximate surface area is 247 Å². The van der Waals surface area contributed by atoms with Crippen molar-refractivity contribution in [1.29, 1.82) is 0 Å². The van der Waals surface area contributed by atoms with Crippen LogP contribution in [0.3, 0.4) is 0 Å². The molecular weight excluding hydrogens is 532 g/mol. The topological polar surface area (TPSA) is 44.7 Å². The zero-order valence-corrected chi connectivity index (χ0v) is 23.7. The monoisotopic (exact) mass is 558 g/mol. The van der Waals surface area contributed by atoms with E-state index in [-0.39, 0.29) is 0 Å². The van der Waals surface area contributed by atoms with Crippen LogP contribution in [0.4, 0.5) is 0 Å². The highest BCUT2D eigenvalue weighted by Gasteiger charge is 2.30. The van der Waals surface area contributed by atoms with Crippen LogP contribution in [0.1, 0.15) is 13.8 Å². The summed E-state index contributed by atoms with van der Waals surface area (Å²) in [6.07, 6.45) is 0.